The van der Waals surface area contributed by atoms with Crippen molar-refractivity contribution in [2.75, 3.05) is 33.2 Å². The van der Waals surface area contributed by atoms with Crippen molar-refractivity contribution in [3.63, 3.8) is 0 Å². The lowest BCUT2D eigenvalue weighted by Crippen LogP contribution is -2.40. The lowest BCUT2D eigenvalue weighted by Gasteiger charge is -2.16. The molecule has 0 aliphatic rings. The highest BCUT2D eigenvalue weighted by atomic mass is 16.3. The zero-order chi connectivity index (χ0) is 17.2. The van der Waals surface area contributed by atoms with Gasteiger partial charge in [0.25, 0.3) is 0 Å². The summed E-state index contributed by atoms with van der Waals surface area (Å²) in [4.78, 5) is 11.3. The fraction of sp³-hybridized carbons (Fsp3) is 0.444. The van der Waals surface area contributed by atoms with Crippen LogP contribution in [0.15, 0.2) is 46.0 Å². The molecule has 0 unspecified atom stereocenters. The van der Waals surface area contributed by atoms with Gasteiger partial charge in [-0.25, -0.2) is 9.98 Å². The van der Waals surface area contributed by atoms with Crippen LogP contribution in [0.25, 0.3) is 11.5 Å². The normalized spacial score (nSPS) is 11.8. The van der Waals surface area contributed by atoms with Gasteiger partial charge < -0.3 is 20.0 Å². The van der Waals surface area contributed by atoms with Crippen LogP contribution in [-0.2, 0) is 6.54 Å². The smallest absolute Gasteiger partial charge is 0.226 e. The van der Waals surface area contributed by atoms with E-state index in [0.717, 1.165) is 43.4 Å². The van der Waals surface area contributed by atoms with E-state index in [1.54, 1.807) is 6.26 Å². The summed E-state index contributed by atoms with van der Waals surface area (Å²) >= 11 is 0. The number of likely N-dealkylation sites (N-methyl/N-ethyl adjacent to an activating group) is 1. The number of oxazole rings is 1. The molecule has 0 spiro atoms. The lowest BCUT2D eigenvalue weighted by atomic mass is 10.2. The van der Waals surface area contributed by atoms with E-state index in [1.165, 1.54) is 0 Å². The highest BCUT2D eigenvalue weighted by molar-refractivity contribution is 5.79. The molecular weight excluding hydrogens is 302 g/mol. The number of benzene rings is 1. The summed E-state index contributed by atoms with van der Waals surface area (Å²) in [6, 6.07) is 9.88. The maximum Gasteiger partial charge on any atom is 0.226 e. The Labute approximate surface area is 144 Å². The average molecular weight is 329 g/mol. The predicted octanol–water partition coefficient (Wildman–Crippen LogP) is 2.35. The molecule has 24 heavy (non-hydrogen) atoms. The summed E-state index contributed by atoms with van der Waals surface area (Å²) in [6.45, 7) is 8.37. The van der Waals surface area contributed by atoms with Gasteiger partial charge in [0.15, 0.2) is 5.96 Å². The maximum atomic E-state index is 5.54. The Morgan fingerprint density at radius 2 is 2.00 bits per heavy atom. The highest BCUT2D eigenvalue weighted by Gasteiger charge is 2.06. The van der Waals surface area contributed by atoms with E-state index < -0.39 is 0 Å². The van der Waals surface area contributed by atoms with Crippen molar-refractivity contribution < 1.29 is 4.42 Å². The molecule has 1 aromatic carbocycles. The zero-order valence-electron chi connectivity index (χ0n) is 14.7. The number of hydrogen-bond donors (Lipinski definition) is 2. The molecule has 0 saturated heterocycles. The molecule has 1 heterocycles. The van der Waals surface area contributed by atoms with E-state index in [0.29, 0.717) is 12.4 Å². The Morgan fingerprint density at radius 1 is 1.21 bits per heavy atom. The summed E-state index contributed by atoms with van der Waals surface area (Å²) < 4.78 is 5.54. The second-order valence-electron chi connectivity index (χ2n) is 5.53. The summed E-state index contributed by atoms with van der Waals surface area (Å²) in [6.07, 6.45) is 1.67. The minimum absolute atomic E-state index is 0.481. The van der Waals surface area contributed by atoms with Crippen LogP contribution in [0.2, 0.25) is 0 Å². The fourth-order valence-electron chi connectivity index (χ4n) is 2.12. The second-order valence-corrected chi connectivity index (χ2v) is 5.53. The van der Waals surface area contributed by atoms with Gasteiger partial charge in [0, 0.05) is 25.2 Å². The molecule has 0 amide bonds. The van der Waals surface area contributed by atoms with Crippen molar-refractivity contribution in [2.24, 2.45) is 4.99 Å². The summed E-state index contributed by atoms with van der Waals surface area (Å²) in [5, 5.41) is 6.58. The third-order valence-electron chi connectivity index (χ3n) is 3.64. The van der Waals surface area contributed by atoms with E-state index in [1.807, 2.05) is 30.3 Å². The molecular formula is C18H27N5O. The SMILES string of the molecule is CCNC(=NCc1coc(-c2ccccc2)n1)NCCN(C)CC. The molecule has 6 heteroatoms. The molecule has 0 atom stereocenters. The predicted molar refractivity (Wildman–Crippen MR) is 97.9 cm³/mol. The number of guanidine groups is 1. The number of hydrogen-bond acceptors (Lipinski definition) is 4. The molecule has 0 fully saturated rings. The van der Waals surface area contributed by atoms with Crippen LogP contribution in [0.5, 0.6) is 0 Å². The lowest BCUT2D eigenvalue weighted by molar-refractivity contribution is 0.357. The topological polar surface area (TPSA) is 65.7 Å². The standard InChI is InChI=1S/C18H27N5O/c1-4-19-18(20-11-12-23(3)5-2)21-13-16-14-24-17(22-16)15-9-7-6-8-10-15/h6-10,14H,4-5,11-13H2,1-3H3,(H2,19,20,21). The van der Waals surface area contributed by atoms with Crippen molar-refractivity contribution in [3.8, 4) is 11.5 Å². The minimum Gasteiger partial charge on any atom is -0.444 e. The number of aromatic nitrogens is 1. The van der Waals surface area contributed by atoms with E-state index in [2.05, 4.69) is 46.4 Å². The Bertz CT molecular complexity index is 623. The van der Waals surface area contributed by atoms with Gasteiger partial charge in [-0.05, 0) is 32.6 Å². The van der Waals surface area contributed by atoms with Crippen LogP contribution in [0.4, 0.5) is 0 Å². The van der Waals surface area contributed by atoms with Crippen LogP contribution in [0.3, 0.4) is 0 Å². The second kappa shape index (κ2) is 9.72. The molecule has 130 valence electrons. The molecule has 1 aromatic heterocycles. The van der Waals surface area contributed by atoms with Crippen LogP contribution in [0.1, 0.15) is 19.5 Å². The first-order chi connectivity index (χ1) is 11.7. The van der Waals surface area contributed by atoms with Crippen molar-refractivity contribution in [3.05, 3.63) is 42.3 Å². The van der Waals surface area contributed by atoms with Crippen molar-refractivity contribution >= 4 is 5.96 Å². The van der Waals surface area contributed by atoms with Crippen molar-refractivity contribution in [2.45, 2.75) is 20.4 Å². The van der Waals surface area contributed by atoms with E-state index in [4.69, 9.17) is 4.42 Å². The zero-order valence-corrected chi connectivity index (χ0v) is 14.7. The largest absolute Gasteiger partial charge is 0.444 e. The monoisotopic (exact) mass is 329 g/mol. The first-order valence-electron chi connectivity index (χ1n) is 8.43. The first-order valence-corrected chi connectivity index (χ1v) is 8.43. The Kier molecular flexibility index (Phi) is 7.29. The minimum atomic E-state index is 0.481. The van der Waals surface area contributed by atoms with Gasteiger partial charge in [-0.3, -0.25) is 0 Å². The van der Waals surface area contributed by atoms with E-state index in [9.17, 15) is 0 Å². The Morgan fingerprint density at radius 3 is 2.71 bits per heavy atom. The van der Waals surface area contributed by atoms with Gasteiger partial charge >= 0.3 is 0 Å². The molecule has 2 N–H and O–H groups in total. The van der Waals surface area contributed by atoms with Crippen LogP contribution >= 0.6 is 0 Å². The maximum absolute atomic E-state index is 5.54. The van der Waals surface area contributed by atoms with Gasteiger partial charge in [0.1, 0.15) is 12.0 Å². The Balaban J connectivity index is 1.92. The van der Waals surface area contributed by atoms with Gasteiger partial charge in [-0.15, -0.1) is 0 Å². The summed E-state index contributed by atoms with van der Waals surface area (Å²) in [5.41, 5.74) is 1.79. The van der Waals surface area contributed by atoms with Gasteiger partial charge in [-0.2, -0.15) is 0 Å². The summed E-state index contributed by atoms with van der Waals surface area (Å²) in [5.74, 6) is 1.43. The van der Waals surface area contributed by atoms with Gasteiger partial charge in [-0.1, -0.05) is 25.1 Å². The quantitative estimate of drug-likeness (QED) is 0.575. The van der Waals surface area contributed by atoms with Crippen LogP contribution in [0, 0.1) is 0 Å². The molecule has 2 aromatic rings. The van der Waals surface area contributed by atoms with Gasteiger partial charge in [0.2, 0.25) is 5.89 Å². The number of aliphatic imine (C=N–C) groups is 1. The van der Waals surface area contributed by atoms with Gasteiger partial charge in [0.05, 0.1) is 6.54 Å². The Hall–Kier alpha value is -2.34. The van der Waals surface area contributed by atoms with Crippen LogP contribution in [-0.4, -0.2) is 49.1 Å². The molecule has 0 radical (unpaired) electrons. The van der Waals surface area contributed by atoms with Crippen LogP contribution < -0.4 is 10.6 Å². The molecule has 2 rings (SSSR count). The molecule has 6 nitrogen and oxygen atoms in total. The molecule has 0 aliphatic carbocycles. The van der Waals surface area contributed by atoms with Crippen molar-refractivity contribution in [1.82, 2.24) is 20.5 Å². The summed E-state index contributed by atoms with van der Waals surface area (Å²) in [7, 11) is 2.10. The average Bonchev–Trinajstić information content (AvgIpc) is 3.09. The highest BCUT2D eigenvalue weighted by Crippen LogP contribution is 2.18. The molecule has 0 aliphatic heterocycles. The van der Waals surface area contributed by atoms with Crippen molar-refractivity contribution in [1.29, 1.82) is 0 Å². The number of nitrogens with one attached hydrogen (secondary N) is 2. The molecule has 0 saturated carbocycles. The van der Waals surface area contributed by atoms with E-state index >= 15 is 0 Å². The third kappa shape index (κ3) is 5.70. The number of rotatable bonds is 8. The van der Waals surface area contributed by atoms with E-state index in [-0.39, 0.29) is 0 Å². The molecule has 0 bridgehead atoms. The number of nitrogens with zero attached hydrogens (tertiary/aromatic N) is 3. The first kappa shape index (κ1) is 18.0. The third-order valence-corrected chi connectivity index (χ3v) is 3.64. The fourth-order valence-corrected chi connectivity index (χ4v) is 2.12.